The van der Waals surface area contributed by atoms with Crippen LogP contribution in [0.2, 0.25) is 0 Å². The predicted octanol–water partition coefficient (Wildman–Crippen LogP) is 1.98. The molecule has 1 amide bonds. The molecule has 0 aliphatic rings. The summed E-state index contributed by atoms with van der Waals surface area (Å²) in [5.41, 5.74) is 1.86. The molecule has 0 saturated heterocycles. The summed E-state index contributed by atoms with van der Waals surface area (Å²) in [7, 11) is 3.03. The molecule has 148 valence electrons. The Bertz CT molecular complexity index is 1140. The average molecular weight is 383 g/mol. The van der Waals surface area contributed by atoms with E-state index >= 15 is 0 Å². The Morgan fingerprint density at radius 1 is 1.14 bits per heavy atom. The Hall–Kier alpha value is -3.16. The van der Waals surface area contributed by atoms with Crippen molar-refractivity contribution >= 4 is 22.8 Å². The third kappa shape index (κ3) is 3.62. The topological polar surface area (TPSA) is 90.9 Å². The van der Waals surface area contributed by atoms with E-state index in [4.69, 9.17) is 0 Å². The molecule has 0 spiro atoms. The lowest BCUT2D eigenvalue weighted by Crippen LogP contribution is -2.37. The molecule has 0 saturated carbocycles. The van der Waals surface area contributed by atoms with Gasteiger partial charge in [-0.3, -0.25) is 18.7 Å². The summed E-state index contributed by atoms with van der Waals surface area (Å²) in [6, 6.07) is 7.78. The summed E-state index contributed by atoms with van der Waals surface area (Å²) in [5.74, 6) is 0.245. The molecule has 0 radical (unpaired) electrons. The maximum atomic E-state index is 12.4. The summed E-state index contributed by atoms with van der Waals surface area (Å²) < 4.78 is 4.12. The van der Waals surface area contributed by atoms with Gasteiger partial charge in [0.1, 0.15) is 0 Å². The van der Waals surface area contributed by atoms with Gasteiger partial charge in [-0.15, -0.1) is 0 Å². The van der Waals surface area contributed by atoms with Gasteiger partial charge < -0.3 is 9.88 Å². The number of para-hydroxylation sites is 1. The van der Waals surface area contributed by atoms with Gasteiger partial charge in [0.2, 0.25) is 5.91 Å². The van der Waals surface area contributed by atoms with E-state index in [1.807, 2.05) is 24.3 Å². The van der Waals surface area contributed by atoms with E-state index in [2.05, 4.69) is 24.1 Å². The predicted molar refractivity (Wildman–Crippen MR) is 109 cm³/mol. The van der Waals surface area contributed by atoms with Crippen molar-refractivity contribution < 1.29 is 4.79 Å². The molecule has 0 aliphatic carbocycles. The van der Waals surface area contributed by atoms with Crippen LogP contribution in [-0.4, -0.2) is 24.6 Å². The molecule has 8 nitrogen and oxygen atoms in total. The van der Waals surface area contributed by atoms with Gasteiger partial charge in [-0.05, 0) is 24.0 Å². The first kappa shape index (κ1) is 19.6. The number of anilines is 1. The van der Waals surface area contributed by atoms with Gasteiger partial charge in [0, 0.05) is 32.7 Å². The van der Waals surface area contributed by atoms with Crippen molar-refractivity contribution in [1.82, 2.24) is 18.7 Å². The summed E-state index contributed by atoms with van der Waals surface area (Å²) in [6.45, 7) is 4.63. The highest BCUT2D eigenvalue weighted by molar-refractivity contribution is 5.91. The van der Waals surface area contributed by atoms with E-state index in [1.165, 1.54) is 17.9 Å². The molecular weight excluding hydrogens is 358 g/mol. The highest BCUT2D eigenvalue weighted by Crippen LogP contribution is 2.23. The van der Waals surface area contributed by atoms with Crippen molar-refractivity contribution in [2.75, 3.05) is 5.32 Å². The first-order valence-electron chi connectivity index (χ1n) is 9.31. The minimum atomic E-state index is -0.411. The number of hydrogen-bond acceptors (Lipinski definition) is 4. The number of amides is 1. The van der Waals surface area contributed by atoms with E-state index in [-0.39, 0.29) is 11.5 Å². The molecule has 0 fully saturated rings. The van der Waals surface area contributed by atoms with Crippen LogP contribution in [0.1, 0.15) is 38.2 Å². The number of carbonyl (C=O) groups excluding carboxylic acids is 1. The fourth-order valence-electron chi connectivity index (χ4n) is 3.30. The second kappa shape index (κ2) is 7.84. The van der Waals surface area contributed by atoms with Gasteiger partial charge in [-0.25, -0.2) is 9.78 Å². The molecule has 0 atom stereocenters. The number of hydrogen-bond donors (Lipinski definition) is 1. The van der Waals surface area contributed by atoms with Gasteiger partial charge in [-0.1, -0.05) is 32.0 Å². The number of imidazole rings is 1. The lowest BCUT2D eigenvalue weighted by molar-refractivity contribution is -0.116. The molecule has 0 unspecified atom stereocenters. The van der Waals surface area contributed by atoms with Crippen LogP contribution in [0.25, 0.3) is 11.2 Å². The third-order valence-electron chi connectivity index (χ3n) is 4.88. The number of carbonyl (C=O) groups is 1. The standard InChI is InChI=1S/C20H25N5O3/c1-13(2)14-8-5-6-9-15(14)22-16(26)10-7-11-25-12-21-18-17(25)19(27)24(4)20(28)23(18)3/h5-6,8-9,12-13H,7,10-11H2,1-4H3,(H,22,26). The van der Waals surface area contributed by atoms with Gasteiger partial charge in [-0.2, -0.15) is 0 Å². The molecule has 2 heterocycles. The van der Waals surface area contributed by atoms with Crippen LogP contribution >= 0.6 is 0 Å². The molecule has 1 N–H and O–H groups in total. The number of fused-ring (bicyclic) bond motifs is 1. The van der Waals surface area contributed by atoms with Crippen LogP contribution in [0.15, 0.2) is 40.2 Å². The average Bonchev–Trinajstić information content (AvgIpc) is 3.09. The van der Waals surface area contributed by atoms with Crippen LogP contribution < -0.4 is 16.6 Å². The Kier molecular flexibility index (Phi) is 5.48. The molecule has 0 bridgehead atoms. The number of nitrogens with one attached hydrogen (secondary N) is 1. The number of nitrogens with zero attached hydrogens (tertiary/aromatic N) is 4. The van der Waals surface area contributed by atoms with E-state index < -0.39 is 5.69 Å². The van der Waals surface area contributed by atoms with Crippen LogP contribution in [0, 0.1) is 0 Å². The summed E-state index contributed by atoms with van der Waals surface area (Å²) in [4.78, 5) is 41.0. The maximum Gasteiger partial charge on any atom is 0.332 e. The Morgan fingerprint density at radius 3 is 2.57 bits per heavy atom. The molecule has 2 aromatic heterocycles. The van der Waals surface area contributed by atoms with Crippen molar-refractivity contribution in [3.8, 4) is 0 Å². The fraction of sp³-hybridized carbons (Fsp3) is 0.400. The lowest BCUT2D eigenvalue weighted by atomic mass is 10.0. The van der Waals surface area contributed by atoms with Crippen LogP contribution in [0.4, 0.5) is 5.69 Å². The Morgan fingerprint density at radius 2 is 1.86 bits per heavy atom. The zero-order valence-corrected chi connectivity index (χ0v) is 16.6. The summed E-state index contributed by atoms with van der Waals surface area (Å²) >= 11 is 0. The Labute approximate surface area is 162 Å². The first-order chi connectivity index (χ1) is 13.3. The number of benzene rings is 1. The molecule has 3 rings (SSSR count). The monoisotopic (exact) mass is 383 g/mol. The quantitative estimate of drug-likeness (QED) is 0.705. The SMILES string of the molecule is CC(C)c1ccccc1NC(=O)CCCn1cnc2c1c(=O)n(C)c(=O)n2C. The van der Waals surface area contributed by atoms with E-state index in [0.717, 1.165) is 15.8 Å². The smallest absolute Gasteiger partial charge is 0.326 e. The van der Waals surface area contributed by atoms with Gasteiger partial charge in [0.25, 0.3) is 5.56 Å². The number of rotatable bonds is 6. The lowest BCUT2D eigenvalue weighted by Gasteiger charge is -2.13. The van der Waals surface area contributed by atoms with E-state index in [9.17, 15) is 14.4 Å². The second-order valence-electron chi connectivity index (χ2n) is 7.21. The molecular formula is C20H25N5O3. The van der Waals surface area contributed by atoms with Crippen LogP contribution in [-0.2, 0) is 25.4 Å². The molecule has 0 aliphatic heterocycles. The zero-order valence-electron chi connectivity index (χ0n) is 16.6. The molecule has 8 heteroatoms. The summed E-state index contributed by atoms with van der Waals surface area (Å²) in [6.07, 6.45) is 2.41. The largest absolute Gasteiger partial charge is 0.332 e. The summed E-state index contributed by atoms with van der Waals surface area (Å²) in [5, 5.41) is 2.97. The van der Waals surface area contributed by atoms with Gasteiger partial charge >= 0.3 is 5.69 Å². The molecule has 28 heavy (non-hydrogen) atoms. The molecule has 1 aromatic carbocycles. The Balaban J connectivity index is 1.70. The third-order valence-corrected chi connectivity index (χ3v) is 4.88. The van der Waals surface area contributed by atoms with E-state index in [0.29, 0.717) is 36.5 Å². The van der Waals surface area contributed by atoms with Gasteiger partial charge in [0.05, 0.1) is 6.33 Å². The second-order valence-corrected chi connectivity index (χ2v) is 7.21. The van der Waals surface area contributed by atoms with Crippen molar-refractivity contribution in [3.63, 3.8) is 0 Å². The minimum absolute atomic E-state index is 0.0715. The van der Waals surface area contributed by atoms with Crippen molar-refractivity contribution in [2.45, 2.75) is 39.2 Å². The van der Waals surface area contributed by atoms with Gasteiger partial charge in [0.15, 0.2) is 11.2 Å². The van der Waals surface area contributed by atoms with Crippen molar-refractivity contribution in [3.05, 3.63) is 57.0 Å². The first-order valence-corrected chi connectivity index (χ1v) is 9.31. The zero-order chi connectivity index (χ0) is 20.4. The highest BCUT2D eigenvalue weighted by atomic mass is 16.2. The molecule has 3 aromatic rings. The number of aromatic nitrogens is 4. The van der Waals surface area contributed by atoms with Crippen molar-refractivity contribution in [2.24, 2.45) is 14.1 Å². The highest BCUT2D eigenvalue weighted by Gasteiger charge is 2.14. The number of aryl methyl sites for hydroxylation is 2. The minimum Gasteiger partial charge on any atom is -0.326 e. The van der Waals surface area contributed by atoms with Crippen LogP contribution in [0.5, 0.6) is 0 Å². The maximum absolute atomic E-state index is 12.4. The normalized spacial score (nSPS) is 11.3. The van der Waals surface area contributed by atoms with Crippen LogP contribution in [0.3, 0.4) is 0 Å². The van der Waals surface area contributed by atoms with Crippen molar-refractivity contribution in [1.29, 1.82) is 0 Å². The fourth-order valence-corrected chi connectivity index (χ4v) is 3.30. The van der Waals surface area contributed by atoms with E-state index in [1.54, 1.807) is 11.6 Å².